The van der Waals surface area contributed by atoms with E-state index >= 15 is 0 Å². The van der Waals surface area contributed by atoms with Gasteiger partial charge in [0.15, 0.2) is 0 Å². The van der Waals surface area contributed by atoms with Crippen molar-refractivity contribution in [2.24, 2.45) is 0 Å². The van der Waals surface area contributed by atoms with E-state index < -0.39 is 4.92 Å². The van der Waals surface area contributed by atoms with Gasteiger partial charge in [-0.1, -0.05) is 41.9 Å². The maximum atomic E-state index is 13.2. The first-order valence-corrected chi connectivity index (χ1v) is 10.4. The summed E-state index contributed by atoms with van der Waals surface area (Å²) in [6, 6.07) is 16.3. The molecule has 160 valence electrons. The number of anilines is 1. The van der Waals surface area contributed by atoms with Gasteiger partial charge in [-0.2, -0.15) is 5.10 Å². The number of piperazine rings is 1. The van der Waals surface area contributed by atoms with Gasteiger partial charge in [0.2, 0.25) is 0 Å². The van der Waals surface area contributed by atoms with Crippen LogP contribution in [0.2, 0.25) is 5.15 Å². The first kappa shape index (κ1) is 20.9. The first-order chi connectivity index (χ1) is 14.9. The van der Waals surface area contributed by atoms with E-state index in [0.29, 0.717) is 49.1 Å². The van der Waals surface area contributed by atoms with Crippen molar-refractivity contribution in [3.63, 3.8) is 0 Å². The number of nitrogens with zero attached hydrogens (tertiary/aromatic N) is 5. The summed E-state index contributed by atoms with van der Waals surface area (Å²) in [4.78, 5) is 27.5. The predicted molar refractivity (Wildman–Crippen MR) is 119 cm³/mol. The highest BCUT2D eigenvalue weighted by Gasteiger charge is 2.28. The smallest absolute Gasteiger partial charge is 0.269 e. The summed E-state index contributed by atoms with van der Waals surface area (Å²) < 4.78 is 1.66. The topological polar surface area (TPSA) is 84.5 Å². The highest BCUT2D eigenvalue weighted by Crippen LogP contribution is 2.25. The van der Waals surface area contributed by atoms with Crippen LogP contribution in [-0.4, -0.2) is 51.7 Å². The summed E-state index contributed by atoms with van der Waals surface area (Å²) in [5.41, 5.74) is 3.09. The molecule has 8 nitrogen and oxygen atoms in total. The minimum absolute atomic E-state index is 0.0650. The van der Waals surface area contributed by atoms with Gasteiger partial charge in [-0.05, 0) is 24.6 Å². The summed E-state index contributed by atoms with van der Waals surface area (Å²) >= 11 is 6.55. The Labute approximate surface area is 184 Å². The second-order valence-electron chi connectivity index (χ2n) is 7.45. The number of carbonyl (C=O) groups excluding carboxylic acids is 1. The van der Waals surface area contributed by atoms with E-state index in [9.17, 15) is 14.9 Å². The van der Waals surface area contributed by atoms with Crippen molar-refractivity contribution in [1.82, 2.24) is 14.7 Å². The van der Waals surface area contributed by atoms with Crippen molar-refractivity contribution in [3.05, 3.63) is 86.7 Å². The normalized spacial score (nSPS) is 14.0. The molecule has 9 heteroatoms. The highest BCUT2D eigenvalue weighted by molar-refractivity contribution is 6.33. The van der Waals surface area contributed by atoms with Crippen LogP contribution < -0.4 is 4.90 Å². The molecular weight excluding hydrogens is 418 g/mol. The fourth-order valence-electron chi connectivity index (χ4n) is 3.77. The van der Waals surface area contributed by atoms with Gasteiger partial charge in [-0.25, -0.2) is 4.68 Å². The molecule has 0 atom stereocenters. The van der Waals surface area contributed by atoms with Gasteiger partial charge in [-0.15, -0.1) is 0 Å². The number of non-ortho nitro benzene ring substituents is 1. The largest absolute Gasteiger partial charge is 0.368 e. The molecule has 1 aliphatic rings. The SMILES string of the molecule is Cc1nn(Cc2ccccc2)c(Cl)c1C(=O)N1CCN(c2ccc([N+](=O)[O-])cc2)CC1. The van der Waals surface area contributed by atoms with E-state index in [1.54, 1.807) is 28.6 Å². The molecule has 0 unspecified atom stereocenters. The van der Waals surface area contributed by atoms with Crippen LogP contribution in [0.15, 0.2) is 54.6 Å². The molecule has 31 heavy (non-hydrogen) atoms. The molecule has 1 fully saturated rings. The predicted octanol–water partition coefficient (Wildman–Crippen LogP) is 3.76. The maximum absolute atomic E-state index is 13.2. The van der Waals surface area contributed by atoms with Crippen LogP contribution in [0, 0.1) is 17.0 Å². The van der Waals surface area contributed by atoms with Crippen molar-refractivity contribution in [2.45, 2.75) is 13.5 Å². The molecule has 2 aromatic carbocycles. The third-order valence-electron chi connectivity index (χ3n) is 5.45. The van der Waals surface area contributed by atoms with E-state index in [1.165, 1.54) is 12.1 Å². The minimum atomic E-state index is -0.412. The summed E-state index contributed by atoms with van der Waals surface area (Å²) in [7, 11) is 0. The second-order valence-corrected chi connectivity index (χ2v) is 7.81. The molecule has 2 heterocycles. The molecule has 0 saturated carbocycles. The zero-order valence-corrected chi connectivity index (χ0v) is 17.8. The molecule has 1 aromatic heterocycles. The summed E-state index contributed by atoms with van der Waals surface area (Å²) in [6.07, 6.45) is 0. The lowest BCUT2D eigenvalue weighted by molar-refractivity contribution is -0.384. The molecule has 0 N–H and O–H groups in total. The van der Waals surface area contributed by atoms with Gasteiger partial charge in [0.05, 0.1) is 22.7 Å². The van der Waals surface area contributed by atoms with Gasteiger partial charge in [0.25, 0.3) is 11.6 Å². The first-order valence-electron chi connectivity index (χ1n) is 9.99. The third-order valence-corrected chi connectivity index (χ3v) is 5.83. The van der Waals surface area contributed by atoms with Gasteiger partial charge >= 0.3 is 0 Å². The van der Waals surface area contributed by atoms with Crippen molar-refractivity contribution in [1.29, 1.82) is 0 Å². The number of halogens is 1. The van der Waals surface area contributed by atoms with Gasteiger partial charge in [0, 0.05) is 44.0 Å². The van der Waals surface area contributed by atoms with Crippen LogP contribution in [0.3, 0.4) is 0 Å². The third kappa shape index (κ3) is 4.39. The van der Waals surface area contributed by atoms with Crippen LogP contribution in [0.5, 0.6) is 0 Å². The molecular formula is C22H22ClN5O3. The van der Waals surface area contributed by atoms with Crippen LogP contribution in [0.4, 0.5) is 11.4 Å². The number of hydrogen-bond donors (Lipinski definition) is 0. The molecule has 4 rings (SSSR count). The van der Waals surface area contributed by atoms with Crippen molar-refractivity contribution >= 4 is 28.9 Å². The van der Waals surface area contributed by atoms with E-state index in [-0.39, 0.29) is 11.6 Å². The Hall–Kier alpha value is -3.39. The standard InChI is InChI=1S/C22H22ClN5O3/c1-16-20(21(23)27(24-16)15-17-5-3-2-4-6-17)22(29)26-13-11-25(12-14-26)18-7-9-19(10-8-18)28(30)31/h2-10H,11-15H2,1H3. The molecule has 1 aliphatic heterocycles. The Balaban J connectivity index is 1.43. The molecule has 1 amide bonds. The summed E-state index contributed by atoms with van der Waals surface area (Å²) in [5.74, 6) is -0.120. The van der Waals surface area contributed by atoms with E-state index in [1.807, 2.05) is 30.3 Å². The van der Waals surface area contributed by atoms with Crippen LogP contribution >= 0.6 is 11.6 Å². The summed E-state index contributed by atoms with van der Waals surface area (Å²) in [6.45, 7) is 4.65. The number of amides is 1. The van der Waals surface area contributed by atoms with Crippen molar-refractivity contribution < 1.29 is 9.72 Å². The fraction of sp³-hybridized carbons (Fsp3) is 0.273. The fourth-order valence-corrected chi connectivity index (χ4v) is 4.08. The van der Waals surface area contributed by atoms with E-state index in [2.05, 4.69) is 10.00 Å². The van der Waals surface area contributed by atoms with E-state index in [4.69, 9.17) is 11.6 Å². The number of carbonyl (C=O) groups is 1. The Bertz CT molecular complexity index is 1090. The average Bonchev–Trinajstić information content (AvgIpc) is 3.07. The number of hydrogen-bond acceptors (Lipinski definition) is 5. The zero-order chi connectivity index (χ0) is 22.0. The number of nitro groups is 1. The molecule has 0 bridgehead atoms. The van der Waals surface area contributed by atoms with E-state index in [0.717, 1.165) is 11.3 Å². The van der Waals surface area contributed by atoms with Gasteiger partial charge in [0.1, 0.15) is 5.15 Å². The Morgan fingerprint density at radius 3 is 2.32 bits per heavy atom. The van der Waals surface area contributed by atoms with Crippen LogP contribution in [0.1, 0.15) is 21.6 Å². The average molecular weight is 440 g/mol. The molecule has 0 spiro atoms. The highest BCUT2D eigenvalue weighted by atomic mass is 35.5. The molecule has 0 radical (unpaired) electrons. The molecule has 1 saturated heterocycles. The Morgan fingerprint density at radius 2 is 1.71 bits per heavy atom. The Kier molecular flexibility index (Phi) is 5.90. The number of nitro benzene ring substituents is 1. The quantitative estimate of drug-likeness (QED) is 0.446. The van der Waals surface area contributed by atoms with Gasteiger partial charge in [-0.3, -0.25) is 14.9 Å². The number of aromatic nitrogens is 2. The second kappa shape index (κ2) is 8.77. The van der Waals surface area contributed by atoms with Crippen LogP contribution in [-0.2, 0) is 6.54 Å². The molecule has 3 aromatic rings. The lowest BCUT2D eigenvalue weighted by Gasteiger charge is -2.36. The lowest BCUT2D eigenvalue weighted by Crippen LogP contribution is -2.49. The van der Waals surface area contributed by atoms with Crippen molar-refractivity contribution in [3.8, 4) is 0 Å². The maximum Gasteiger partial charge on any atom is 0.269 e. The lowest BCUT2D eigenvalue weighted by atomic mass is 10.2. The molecule has 0 aliphatic carbocycles. The Morgan fingerprint density at radius 1 is 1.06 bits per heavy atom. The summed E-state index contributed by atoms with van der Waals surface area (Å²) in [5, 5.41) is 15.7. The number of benzene rings is 2. The monoisotopic (exact) mass is 439 g/mol. The van der Waals surface area contributed by atoms with Gasteiger partial charge < -0.3 is 9.80 Å². The van der Waals surface area contributed by atoms with Crippen LogP contribution in [0.25, 0.3) is 0 Å². The number of rotatable bonds is 5. The minimum Gasteiger partial charge on any atom is -0.368 e. The zero-order valence-electron chi connectivity index (χ0n) is 17.1. The van der Waals surface area contributed by atoms with Crippen molar-refractivity contribution in [2.75, 3.05) is 31.1 Å². The number of aryl methyl sites for hydroxylation is 1.